The second-order valence-electron chi connectivity index (χ2n) is 3.77. The maximum atomic E-state index is 11.1. The average molecular weight is 224 g/mol. The Hall–Kier alpha value is -1.39. The highest BCUT2D eigenvalue weighted by Gasteiger charge is 2.27. The molecule has 0 saturated heterocycles. The van der Waals surface area contributed by atoms with Crippen LogP contribution in [0.4, 0.5) is 0 Å². The summed E-state index contributed by atoms with van der Waals surface area (Å²) in [5.74, 6) is -0.839. The van der Waals surface area contributed by atoms with Gasteiger partial charge in [-0.1, -0.05) is 23.8 Å². The molecule has 1 aromatic rings. The molecule has 2 atom stereocenters. The summed E-state index contributed by atoms with van der Waals surface area (Å²) in [5.41, 5.74) is 2.32. The molecule has 16 heavy (non-hydrogen) atoms. The fourth-order valence-corrected chi connectivity index (χ4v) is 1.50. The standard InChI is InChI=1S/C12H16O4/c1-7-4-5-8(2)9(6-7)10(13)11(14)12(15)16-3/h4-6,10-11,13-14H,1-3H3. The van der Waals surface area contributed by atoms with E-state index >= 15 is 0 Å². The number of aryl methyl sites for hydroxylation is 2. The quantitative estimate of drug-likeness (QED) is 0.748. The lowest BCUT2D eigenvalue weighted by atomic mass is 9.97. The second-order valence-corrected chi connectivity index (χ2v) is 3.77. The van der Waals surface area contributed by atoms with Crippen LogP contribution in [0.25, 0.3) is 0 Å². The van der Waals surface area contributed by atoms with Gasteiger partial charge < -0.3 is 14.9 Å². The highest BCUT2D eigenvalue weighted by molar-refractivity contribution is 5.75. The Morgan fingerprint density at radius 3 is 2.50 bits per heavy atom. The van der Waals surface area contributed by atoms with Crippen LogP contribution >= 0.6 is 0 Å². The molecule has 4 heteroatoms. The van der Waals surface area contributed by atoms with Crippen LogP contribution in [0.15, 0.2) is 18.2 Å². The summed E-state index contributed by atoms with van der Waals surface area (Å²) in [6.07, 6.45) is -2.81. The van der Waals surface area contributed by atoms with Crippen LogP contribution in [-0.2, 0) is 9.53 Å². The summed E-state index contributed by atoms with van der Waals surface area (Å²) in [6, 6.07) is 5.47. The first-order valence-electron chi connectivity index (χ1n) is 4.98. The molecule has 0 bridgehead atoms. The third kappa shape index (κ3) is 2.59. The van der Waals surface area contributed by atoms with Gasteiger partial charge in [0.15, 0.2) is 6.10 Å². The second kappa shape index (κ2) is 5.09. The third-order valence-corrected chi connectivity index (χ3v) is 2.50. The molecule has 0 spiro atoms. The zero-order valence-corrected chi connectivity index (χ0v) is 9.60. The van der Waals surface area contributed by atoms with Gasteiger partial charge >= 0.3 is 5.97 Å². The maximum Gasteiger partial charge on any atom is 0.337 e. The number of aliphatic hydroxyl groups is 2. The minimum absolute atomic E-state index is 0.540. The topological polar surface area (TPSA) is 66.8 Å². The first-order valence-corrected chi connectivity index (χ1v) is 4.98. The van der Waals surface area contributed by atoms with E-state index in [0.717, 1.165) is 11.1 Å². The molecule has 0 saturated carbocycles. The molecule has 0 aliphatic heterocycles. The van der Waals surface area contributed by atoms with Crippen LogP contribution in [-0.4, -0.2) is 29.4 Å². The molecule has 0 amide bonds. The van der Waals surface area contributed by atoms with Gasteiger partial charge in [-0.15, -0.1) is 0 Å². The molecule has 0 radical (unpaired) electrons. The summed E-state index contributed by atoms with van der Waals surface area (Å²) in [5, 5.41) is 19.4. The Bertz CT molecular complexity index is 387. The largest absolute Gasteiger partial charge is 0.467 e. The van der Waals surface area contributed by atoms with Crippen LogP contribution in [0, 0.1) is 13.8 Å². The normalized spacial score (nSPS) is 14.3. The fourth-order valence-electron chi connectivity index (χ4n) is 1.50. The highest BCUT2D eigenvalue weighted by Crippen LogP contribution is 2.22. The lowest BCUT2D eigenvalue weighted by Gasteiger charge is -2.18. The molecule has 0 aliphatic carbocycles. The van der Waals surface area contributed by atoms with Crippen molar-refractivity contribution in [1.29, 1.82) is 0 Å². The van der Waals surface area contributed by atoms with Gasteiger partial charge in [-0.05, 0) is 25.0 Å². The van der Waals surface area contributed by atoms with Gasteiger partial charge in [0.1, 0.15) is 6.10 Å². The summed E-state index contributed by atoms with van der Waals surface area (Å²) in [6.45, 7) is 3.68. The summed E-state index contributed by atoms with van der Waals surface area (Å²) in [7, 11) is 1.17. The van der Waals surface area contributed by atoms with E-state index in [4.69, 9.17) is 0 Å². The number of ether oxygens (including phenoxy) is 1. The van der Waals surface area contributed by atoms with Gasteiger partial charge in [0, 0.05) is 0 Å². The van der Waals surface area contributed by atoms with Gasteiger partial charge in [-0.3, -0.25) is 0 Å². The van der Waals surface area contributed by atoms with E-state index in [1.807, 2.05) is 26.0 Å². The molecule has 0 aromatic heterocycles. The number of carbonyl (C=O) groups is 1. The number of benzene rings is 1. The van der Waals surface area contributed by atoms with Gasteiger partial charge in [-0.2, -0.15) is 0 Å². The molecule has 2 N–H and O–H groups in total. The first kappa shape index (κ1) is 12.7. The van der Waals surface area contributed by atoms with E-state index in [1.165, 1.54) is 7.11 Å². The molecule has 0 fully saturated rings. The Balaban J connectivity index is 2.99. The molecule has 0 heterocycles. The molecule has 0 aliphatic rings. The third-order valence-electron chi connectivity index (χ3n) is 2.50. The predicted molar refractivity (Wildman–Crippen MR) is 58.9 cm³/mol. The van der Waals surface area contributed by atoms with Crippen LogP contribution in [0.5, 0.6) is 0 Å². The number of rotatable bonds is 3. The Kier molecular flexibility index (Phi) is 4.04. The summed E-state index contributed by atoms with van der Waals surface area (Å²) < 4.78 is 4.38. The summed E-state index contributed by atoms with van der Waals surface area (Å²) in [4.78, 5) is 11.1. The van der Waals surface area contributed by atoms with Gasteiger partial charge in [-0.25, -0.2) is 4.79 Å². The summed E-state index contributed by atoms with van der Waals surface area (Å²) >= 11 is 0. The first-order chi connectivity index (χ1) is 7.47. The number of hydrogen-bond donors (Lipinski definition) is 2. The van der Waals surface area contributed by atoms with Crippen LogP contribution in [0.1, 0.15) is 22.8 Å². The predicted octanol–water partition coefficient (Wildman–Crippen LogP) is 0.871. The molecular weight excluding hydrogens is 208 g/mol. The lowest BCUT2D eigenvalue weighted by molar-refractivity contribution is -0.156. The van der Waals surface area contributed by atoms with Gasteiger partial charge in [0.05, 0.1) is 7.11 Å². The number of hydrogen-bond acceptors (Lipinski definition) is 4. The number of esters is 1. The van der Waals surface area contributed by atoms with Crippen molar-refractivity contribution in [2.24, 2.45) is 0 Å². The van der Waals surface area contributed by atoms with E-state index in [2.05, 4.69) is 4.74 Å². The van der Waals surface area contributed by atoms with Crippen molar-refractivity contribution in [2.45, 2.75) is 26.1 Å². The van der Waals surface area contributed by atoms with Gasteiger partial charge in [0.2, 0.25) is 0 Å². The fraction of sp³-hybridized carbons (Fsp3) is 0.417. The van der Waals surface area contributed by atoms with Crippen LogP contribution in [0.2, 0.25) is 0 Å². The van der Waals surface area contributed by atoms with Crippen LogP contribution in [0.3, 0.4) is 0 Å². The number of aliphatic hydroxyl groups excluding tert-OH is 2. The van der Waals surface area contributed by atoms with Crippen molar-refractivity contribution in [1.82, 2.24) is 0 Å². The average Bonchev–Trinajstić information content (AvgIpc) is 2.29. The Morgan fingerprint density at radius 2 is 1.94 bits per heavy atom. The van der Waals surface area contributed by atoms with E-state index in [0.29, 0.717) is 5.56 Å². The van der Waals surface area contributed by atoms with Crippen molar-refractivity contribution in [2.75, 3.05) is 7.11 Å². The molecular formula is C12H16O4. The molecule has 1 rings (SSSR count). The maximum absolute atomic E-state index is 11.1. The molecule has 1 aromatic carbocycles. The molecule has 88 valence electrons. The Labute approximate surface area is 94.5 Å². The lowest BCUT2D eigenvalue weighted by Crippen LogP contribution is -2.29. The van der Waals surface area contributed by atoms with Crippen molar-refractivity contribution in [3.63, 3.8) is 0 Å². The van der Waals surface area contributed by atoms with Crippen molar-refractivity contribution in [3.05, 3.63) is 34.9 Å². The highest BCUT2D eigenvalue weighted by atomic mass is 16.5. The van der Waals surface area contributed by atoms with Crippen molar-refractivity contribution >= 4 is 5.97 Å². The van der Waals surface area contributed by atoms with Crippen molar-refractivity contribution < 1.29 is 19.7 Å². The smallest absolute Gasteiger partial charge is 0.337 e. The van der Waals surface area contributed by atoms with Crippen LogP contribution < -0.4 is 0 Å². The zero-order chi connectivity index (χ0) is 12.3. The van der Waals surface area contributed by atoms with E-state index in [1.54, 1.807) is 6.07 Å². The van der Waals surface area contributed by atoms with E-state index in [-0.39, 0.29) is 0 Å². The number of carbonyl (C=O) groups excluding carboxylic acids is 1. The monoisotopic (exact) mass is 224 g/mol. The Morgan fingerprint density at radius 1 is 1.31 bits per heavy atom. The molecule has 2 unspecified atom stereocenters. The minimum Gasteiger partial charge on any atom is -0.467 e. The number of methoxy groups -OCH3 is 1. The van der Waals surface area contributed by atoms with Gasteiger partial charge in [0.25, 0.3) is 0 Å². The van der Waals surface area contributed by atoms with E-state index < -0.39 is 18.2 Å². The van der Waals surface area contributed by atoms with E-state index in [9.17, 15) is 15.0 Å². The zero-order valence-electron chi connectivity index (χ0n) is 9.60. The van der Waals surface area contributed by atoms with Crippen molar-refractivity contribution in [3.8, 4) is 0 Å². The minimum atomic E-state index is -1.55. The molecule has 4 nitrogen and oxygen atoms in total. The SMILES string of the molecule is COC(=O)C(O)C(O)c1cc(C)ccc1C.